The number of alkyl carbamates (subject to hydrolysis) is 1. The molecule has 4 heteroatoms. The van der Waals surface area contributed by atoms with E-state index in [9.17, 15) is 4.79 Å². The van der Waals surface area contributed by atoms with Crippen molar-refractivity contribution in [2.45, 2.75) is 19.3 Å². The second-order valence-corrected chi connectivity index (χ2v) is 7.49. The van der Waals surface area contributed by atoms with Crippen LogP contribution in [0.5, 0.6) is 5.75 Å². The minimum atomic E-state index is -0.413. The molecule has 0 aromatic heterocycles. The molecule has 4 nitrogen and oxygen atoms in total. The van der Waals surface area contributed by atoms with Crippen LogP contribution >= 0.6 is 0 Å². The van der Waals surface area contributed by atoms with Crippen molar-refractivity contribution in [2.24, 2.45) is 0 Å². The molecule has 0 heterocycles. The highest BCUT2D eigenvalue weighted by molar-refractivity contribution is 5.79. The number of carbonyl (C=O) groups is 1. The number of nitrogens with one attached hydrogen (secondary N) is 1. The van der Waals surface area contributed by atoms with Gasteiger partial charge in [0.15, 0.2) is 0 Å². The first-order valence-electron chi connectivity index (χ1n) is 10.4. The molecule has 4 rings (SSSR count). The Kier molecular flexibility index (Phi) is 6.24. The maximum Gasteiger partial charge on any atom is 0.407 e. The molecule has 1 N–H and O–H groups in total. The van der Waals surface area contributed by atoms with Gasteiger partial charge in [0.2, 0.25) is 0 Å². The lowest BCUT2D eigenvalue weighted by Gasteiger charge is -2.14. The number of hydrogen-bond donors (Lipinski definition) is 1. The van der Waals surface area contributed by atoms with Gasteiger partial charge in [-0.15, -0.1) is 0 Å². The van der Waals surface area contributed by atoms with Gasteiger partial charge >= 0.3 is 6.09 Å². The summed E-state index contributed by atoms with van der Waals surface area (Å²) >= 11 is 0. The number of carbonyl (C=O) groups excluding carboxylic acids is 1. The Hall–Kier alpha value is -3.71. The van der Waals surface area contributed by atoms with E-state index >= 15 is 0 Å². The maximum atomic E-state index is 12.2. The van der Waals surface area contributed by atoms with Crippen LogP contribution in [0.1, 0.15) is 34.6 Å². The third kappa shape index (κ3) is 4.57. The molecule has 156 valence electrons. The molecule has 1 aliphatic rings. The Morgan fingerprint density at radius 3 is 2.32 bits per heavy atom. The van der Waals surface area contributed by atoms with E-state index in [1.807, 2.05) is 49.4 Å². The highest BCUT2D eigenvalue weighted by atomic mass is 16.5. The van der Waals surface area contributed by atoms with E-state index in [-0.39, 0.29) is 5.92 Å². The van der Waals surface area contributed by atoms with E-state index < -0.39 is 6.09 Å². The van der Waals surface area contributed by atoms with Gasteiger partial charge in [-0.3, -0.25) is 0 Å². The summed E-state index contributed by atoms with van der Waals surface area (Å²) < 4.78 is 10.8. The van der Waals surface area contributed by atoms with Crippen LogP contribution in [0.3, 0.4) is 0 Å². The Balaban J connectivity index is 1.28. The second kappa shape index (κ2) is 9.40. The normalized spacial score (nSPS) is 11.7. The van der Waals surface area contributed by atoms with Gasteiger partial charge in [-0.25, -0.2) is 4.79 Å². The van der Waals surface area contributed by atoms with Gasteiger partial charge in [0.1, 0.15) is 12.4 Å². The van der Waals surface area contributed by atoms with E-state index in [0.717, 1.165) is 16.9 Å². The molecule has 31 heavy (non-hydrogen) atoms. The summed E-state index contributed by atoms with van der Waals surface area (Å²) in [5.74, 6) is 7.11. The van der Waals surface area contributed by atoms with Crippen molar-refractivity contribution in [1.82, 2.24) is 5.32 Å². The summed E-state index contributed by atoms with van der Waals surface area (Å²) in [7, 11) is 1.66. The maximum absolute atomic E-state index is 12.2. The van der Waals surface area contributed by atoms with Crippen LogP contribution in [0.15, 0.2) is 66.7 Å². The van der Waals surface area contributed by atoms with Crippen molar-refractivity contribution in [1.29, 1.82) is 0 Å². The van der Waals surface area contributed by atoms with Crippen molar-refractivity contribution in [3.05, 3.63) is 89.0 Å². The van der Waals surface area contributed by atoms with Gasteiger partial charge in [-0.05, 0) is 52.9 Å². The number of hydrogen-bond acceptors (Lipinski definition) is 3. The van der Waals surface area contributed by atoms with Gasteiger partial charge in [0.25, 0.3) is 0 Å². The lowest BCUT2D eigenvalue weighted by molar-refractivity contribution is 0.143. The predicted molar refractivity (Wildman–Crippen MR) is 122 cm³/mol. The van der Waals surface area contributed by atoms with Crippen molar-refractivity contribution >= 4 is 6.09 Å². The molecule has 3 aromatic rings. The summed E-state index contributed by atoms with van der Waals surface area (Å²) in [5.41, 5.74) is 6.83. The summed E-state index contributed by atoms with van der Waals surface area (Å²) in [6.07, 6.45) is 0.138. The number of benzene rings is 3. The summed E-state index contributed by atoms with van der Waals surface area (Å²) in [6, 6.07) is 22.4. The third-order valence-electron chi connectivity index (χ3n) is 5.49. The molecule has 1 amide bonds. The molecule has 0 radical (unpaired) electrons. The molecule has 0 bridgehead atoms. The second-order valence-electron chi connectivity index (χ2n) is 7.49. The summed E-state index contributed by atoms with van der Waals surface area (Å²) in [4.78, 5) is 12.2. The zero-order valence-corrected chi connectivity index (χ0v) is 17.8. The summed E-state index contributed by atoms with van der Waals surface area (Å²) in [6.45, 7) is 2.75. The minimum Gasteiger partial charge on any atom is -0.496 e. The lowest BCUT2D eigenvalue weighted by atomic mass is 9.98. The number of fused-ring (bicyclic) bond motifs is 3. The average molecular weight is 412 g/mol. The molecule has 3 aromatic carbocycles. The third-order valence-corrected chi connectivity index (χ3v) is 5.49. The fraction of sp³-hybridized carbons (Fsp3) is 0.222. The Labute approximate surface area is 183 Å². The van der Waals surface area contributed by atoms with Gasteiger partial charge in [-0.1, -0.05) is 60.4 Å². The van der Waals surface area contributed by atoms with E-state index in [2.05, 4.69) is 41.4 Å². The zero-order chi connectivity index (χ0) is 21.6. The molecular formula is C27H25NO3. The first kappa shape index (κ1) is 20.6. The number of ether oxygens (including phenoxy) is 2. The smallest absolute Gasteiger partial charge is 0.407 e. The SMILES string of the molecule is COc1ccc(C#CCCNC(=O)OCC2c3ccccc3-c3ccccc32)cc1C. The van der Waals surface area contributed by atoms with Crippen molar-refractivity contribution in [3.8, 4) is 28.7 Å². The molecule has 0 spiro atoms. The zero-order valence-electron chi connectivity index (χ0n) is 17.8. The molecule has 0 fully saturated rings. The van der Waals surface area contributed by atoms with Gasteiger partial charge in [0, 0.05) is 24.4 Å². The molecule has 0 atom stereocenters. The topological polar surface area (TPSA) is 47.6 Å². The Morgan fingerprint density at radius 1 is 1.00 bits per heavy atom. The quantitative estimate of drug-likeness (QED) is 0.459. The fourth-order valence-electron chi connectivity index (χ4n) is 4.00. The molecule has 0 saturated carbocycles. The number of amides is 1. The van der Waals surface area contributed by atoms with Crippen LogP contribution in [-0.4, -0.2) is 26.4 Å². The molecule has 1 aliphatic carbocycles. The first-order valence-corrected chi connectivity index (χ1v) is 10.4. The minimum absolute atomic E-state index is 0.0660. The predicted octanol–water partition coefficient (Wildman–Crippen LogP) is 5.28. The molecule has 0 saturated heterocycles. The highest BCUT2D eigenvalue weighted by Crippen LogP contribution is 2.44. The fourth-order valence-corrected chi connectivity index (χ4v) is 4.00. The largest absolute Gasteiger partial charge is 0.496 e. The number of aryl methyl sites for hydroxylation is 1. The monoisotopic (exact) mass is 411 g/mol. The van der Waals surface area contributed by atoms with Crippen LogP contribution in [0.25, 0.3) is 11.1 Å². The van der Waals surface area contributed by atoms with Crippen LogP contribution in [0, 0.1) is 18.8 Å². The average Bonchev–Trinajstić information content (AvgIpc) is 3.11. The first-order chi connectivity index (χ1) is 15.2. The van der Waals surface area contributed by atoms with Crippen molar-refractivity contribution in [2.75, 3.05) is 20.3 Å². The number of rotatable bonds is 5. The van der Waals surface area contributed by atoms with E-state index in [1.54, 1.807) is 7.11 Å². The van der Waals surface area contributed by atoms with Gasteiger partial charge in [-0.2, -0.15) is 0 Å². The highest BCUT2D eigenvalue weighted by Gasteiger charge is 2.28. The van der Waals surface area contributed by atoms with Gasteiger partial charge < -0.3 is 14.8 Å². The van der Waals surface area contributed by atoms with E-state index in [4.69, 9.17) is 9.47 Å². The van der Waals surface area contributed by atoms with Crippen LogP contribution in [0.4, 0.5) is 4.79 Å². The summed E-state index contributed by atoms with van der Waals surface area (Å²) in [5, 5.41) is 2.79. The lowest BCUT2D eigenvalue weighted by Crippen LogP contribution is -2.26. The molecule has 0 aliphatic heterocycles. The van der Waals surface area contributed by atoms with Crippen molar-refractivity contribution < 1.29 is 14.3 Å². The van der Waals surface area contributed by atoms with E-state index in [0.29, 0.717) is 19.6 Å². The number of methoxy groups -OCH3 is 1. The molecular weight excluding hydrogens is 386 g/mol. The van der Waals surface area contributed by atoms with Crippen LogP contribution < -0.4 is 10.1 Å². The standard InChI is InChI=1S/C27H25NO3/c1-19-17-20(14-15-26(19)30-2)9-7-8-16-28-27(29)31-18-25-23-12-5-3-10-21(23)22-11-4-6-13-24(22)25/h3-6,10-15,17,25H,8,16,18H2,1-2H3,(H,28,29). The van der Waals surface area contributed by atoms with Crippen LogP contribution in [0.2, 0.25) is 0 Å². The van der Waals surface area contributed by atoms with E-state index in [1.165, 1.54) is 22.3 Å². The Bertz CT molecular complexity index is 1110. The molecule has 0 unspecified atom stereocenters. The van der Waals surface area contributed by atoms with Crippen molar-refractivity contribution in [3.63, 3.8) is 0 Å². The van der Waals surface area contributed by atoms with Gasteiger partial charge in [0.05, 0.1) is 7.11 Å². The Morgan fingerprint density at radius 2 is 1.68 bits per heavy atom. The van der Waals surface area contributed by atoms with Crippen LogP contribution in [-0.2, 0) is 4.74 Å².